The van der Waals surface area contributed by atoms with E-state index < -0.39 is 18.2 Å². The standard InChI is InChI=1S/C59H99NO5/c1-4-7-10-13-16-19-22-25-27-29-31-33-35-38-41-44-47-50-55(65-59(64)52-49-46-43-40-37-34-32-30-28-26-23-20-17-14-11-8-5-2)53-58(63)60-56(54-61)57(62)51-48-45-42-39-36-24-21-18-15-12-9-6-3/h8,11,14,16-17,19-20,23,25-28,30-34,37,55-57,61-62H,4-7,9-10,12-13,15,18,21-22,24,29,35-36,38-54H2,1-3H3,(H,60,63)/b11-8-,17-14+,19-16-,23-20+,27-25-,28-26-,32-30+,33-31-,37-34+. The number of allylic oxidation sites excluding steroid dienone is 18. The lowest BCUT2D eigenvalue weighted by molar-refractivity contribution is -0.151. The van der Waals surface area contributed by atoms with E-state index in [0.29, 0.717) is 19.3 Å². The van der Waals surface area contributed by atoms with Crippen molar-refractivity contribution in [2.45, 2.75) is 244 Å². The zero-order valence-electron chi connectivity index (χ0n) is 42.1. The van der Waals surface area contributed by atoms with Crippen LogP contribution in [0.3, 0.4) is 0 Å². The molecular formula is C59H99NO5. The summed E-state index contributed by atoms with van der Waals surface area (Å²) in [4.78, 5) is 26.2. The van der Waals surface area contributed by atoms with E-state index >= 15 is 0 Å². The maximum absolute atomic E-state index is 13.2. The van der Waals surface area contributed by atoms with E-state index in [1.807, 2.05) is 54.7 Å². The molecule has 3 N–H and O–H groups in total. The third kappa shape index (κ3) is 46.8. The fourth-order valence-electron chi connectivity index (χ4n) is 7.47. The SMILES string of the molecule is CC\C=C/C=C/C=C/C=C\C=C\C=C\CCCCCC(=O)OC(CCCCCC/C=C\C/C=C\C/C=C\CCCCC)CC(=O)NC(CO)C(O)CCCCCCCCCCCCCC. The maximum Gasteiger partial charge on any atom is 0.306 e. The zero-order chi connectivity index (χ0) is 47.4. The lowest BCUT2D eigenvalue weighted by Crippen LogP contribution is -2.46. The van der Waals surface area contributed by atoms with Crippen molar-refractivity contribution in [1.29, 1.82) is 0 Å². The van der Waals surface area contributed by atoms with Gasteiger partial charge in [0.05, 0.1) is 25.2 Å². The number of rotatable bonds is 46. The summed E-state index contributed by atoms with van der Waals surface area (Å²) in [5.41, 5.74) is 0. The first-order chi connectivity index (χ1) is 32.0. The summed E-state index contributed by atoms with van der Waals surface area (Å²) >= 11 is 0. The van der Waals surface area contributed by atoms with Gasteiger partial charge in [-0.05, 0) is 83.5 Å². The minimum absolute atomic E-state index is 0.0376. The number of amides is 1. The molecule has 0 aromatic rings. The second-order valence-electron chi connectivity index (χ2n) is 17.7. The summed E-state index contributed by atoms with van der Waals surface area (Å²) in [5, 5.41) is 23.8. The summed E-state index contributed by atoms with van der Waals surface area (Å²) < 4.78 is 5.92. The molecule has 0 aliphatic rings. The van der Waals surface area contributed by atoms with E-state index in [1.165, 1.54) is 83.5 Å². The van der Waals surface area contributed by atoms with E-state index in [-0.39, 0.29) is 24.9 Å². The normalized spacial score (nSPS) is 14.1. The molecule has 3 unspecified atom stereocenters. The molecule has 0 spiro atoms. The van der Waals surface area contributed by atoms with Crippen molar-refractivity contribution in [3.8, 4) is 0 Å². The van der Waals surface area contributed by atoms with Crippen LogP contribution in [0.2, 0.25) is 0 Å². The van der Waals surface area contributed by atoms with Gasteiger partial charge in [0.15, 0.2) is 0 Å². The first-order valence-electron chi connectivity index (χ1n) is 26.7. The molecule has 65 heavy (non-hydrogen) atoms. The maximum atomic E-state index is 13.2. The summed E-state index contributed by atoms with van der Waals surface area (Å²) in [5.74, 6) is -0.555. The molecule has 0 aliphatic heterocycles. The Hall–Kier alpha value is -3.48. The highest BCUT2D eigenvalue weighted by Gasteiger charge is 2.24. The van der Waals surface area contributed by atoms with Crippen LogP contribution in [0.4, 0.5) is 0 Å². The van der Waals surface area contributed by atoms with Gasteiger partial charge in [-0.1, -0.05) is 239 Å². The molecule has 370 valence electrons. The van der Waals surface area contributed by atoms with Crippen molar-refractivity contribution in [2.24, 2.45) is 0 Å². The molecule has 0 aliphatic carbocycles. The number of carbonyl (C=O) groups excluding carboxylic acids is 2. The number of aliphatic hydroxyl groups is 2. The summed E-state index contributed by atoms with van der Waals surface area (Å²) in [7, 11) is 0. The average molecular weight is 902 g/mol. The van der Waals surface area contributed by atoms with Crippen LogP contribution in [0.1, 0.15) is 226 Å². The highest BCUT2D eigenvalue weighted by atomic mass is 16.5. The average Bonchev–Trinajstić information content (AvgIpc) is 3.30. The Kier molecular flexibility index (Phi) is 48.7. The van der Waals surface area contributed by atoms with E-state index in [9.17, 15) is 19.8 Å². The van der Waals surface area contributed by atoms with Crippen LogP contribution >= 0.6 is 0 Å². The van der Waals surface area contributed by atoms with Crippen LogP contribution in [0, 0.1) is 0 Å². The Labute approximate surface area is 400 Å². The van der Waals surface area contributed by atoms with Gasteiger partial charge >= 0.3 is 5.97 Å². The molecule has 0 aromatic heterocycles. The molecule has 6 nitrogen and oxygen atoms in total. The van der Waals surface area contributed by atoms with Crippen LogP contribution in [0.5, 0.6) is 0 Å². The Bertz CT molecular complexity index is 1330. The van der Waals surface area contributed by atoms with Crippen molar-refractivity contribution in [3.63, 3.8) is 0 Å². The number of ether oxygens (including phenoxy) is 1. The van der Waals surface area contributed by atoms with Crippen LogP contribution in [-0.2, 0) is 14.3 Å². The quantitative estimate of drug-likeness (QED) is 0.0245. The van der Waals surface area contributed by atoms with Crippen LogP contribution in [0.15, 0.2) is 109 Å². The molecular weight excluding hydrogens is 803 g/mol. The van der Waals surface area contributed by atoms with Gasteiger partial charge in [0, 0.05) is 6.42 Å². The molecule has 0 saturated carbocycles. The van der Waals surface area contributed by atoms with Gasteiger partial charge in [0.25, 0.3) is 0 Å². The minimum atomic E-state index is -0.809. The van der Waals surface area contributed by atoms with Crippen LogP contribution in [0.25, 0.3) is 0 Å². The highest BCUT2D eigenvalue weighted by molar-refractivity contribution is 5.77. The molecule has 0 saturated heterocycles. The van der Waals surface area contributed by atoms with E-state index in [0.717, 1.165) is 96.3 Å². The summed E-state index contributed by atoms with van der Waals surface area (Å²) in [6, 6.07) is -0.726. The number of unbranched alkanes of at least 4 members (excludes halogenated alkanes) is 21. The molecule has 0 rings (SSSR count). The molecule has 3 atom stereocenters. The first kappa shape index (κ1) is 61.5. The Morgan fingerprint density at radius 3 is 1.43 bits per heavy atom. The smallest absolute Gasteiger partial charge is 0.306 e. The molecule has 0 radical (unpaired) electrons. The van der Waals surface area contributed by atoms with Crippen molar-refractivity contribution < 1.29 is 24.5 Å². The Morgan fingerprint density at radius 1 is 0.477 bits per heavy atom. The van der Waals surface area contributed by atoms with Crippen molar-refractivity contribution in [2.75, 3.05) is 6.61 Å². The minimum Gasteiger partial charge on any atom is -0.462 e. The third-order valence-corrected chi connectivity index (χ3v) is 11.5. The lowest BCUT2D eigenvalue weighted by Gasteiger charge is -2.24. The molecule has 0 fully saturated rings. The lowest BCUT2D eigenvalue weighted by atomic mass is 10.0. The Morgan fingerprint density at radius 2 is 0.892 bits per heavy atom. The fourth-order valence-corrected chi connectivity index (χ4v) is 7.47. The summed E-state index contributed by atoms with van der Waals surface area (Å²) in [6.45, 7) is 6.29. The van der Waals surface area contributed by atoms with E-state index in [2.05, 4.69) is 80.8 Å². The van der Waals surface area contributed by atoms with E-state index in [1.54, 1.807) is 0 Å². The van der Waals surface area contributed by atoms with Gasteiger partial charge in [0.2, 0.25) is 5.91 Å². The van der Waals surface area contributed by atoms with Crippen molar-refractivity contribution >= 4 is 11.9 Å². The molecule has 6 heteroatoms. The van der Waals surface area contributed by atoms with Gasteiger partial charge in [-0.3, -0.25) is 9.59 Å². The van der Waals surface area contributed by atoms with Gasteiger partial charge in [-0.15, -0.1) is 0 Å². The van der Waals surface area contributed by atoms with Crippen molar-refractivity contribution in [3.05, 3.63) is 109 Å². The predicted molar refractivity (Wildman–Crippen MR) is 282 cm³/mol. The second-order valence-corrected chi connectivity index (χ2v) is 17.7. The molecule has 0 bridgehead atoms. The van der Waals surface area contributed by atoms with E-state index in [4.69, 9.17) is 4.74 Å². The molecule has 0 aromatic carbocycles. The molecule has 1 amide bonds. The van der Waals surface area contributed by atoms with Crippen LogP contribution in [-0.4, -0.2) is 46.9 Å². The first-order valence-corrected chi connectivity index (χ1v) is 26.7. The number of aliphatic hydroxyl groups excluding tert-OH is 2. The monoisotopic (exact) mass is 902 g/mol. The number of carbonyl (C=O) groups is 2. The number of esters is 1. The number of nitrogens with one attached hydrogen (secondary N) is 1. The Balaban J connectivity index is 4.76. The topological polar surface area (TPSA) is 95.9 Å². The number of hydrogen-bond donors (Lipinski definition) is 3. The van der Waals surface area contributed by atoms with Gasteiger partial charge < -0.3 is 20.3 Å². The fraction of sp³-hybridized carbons (Fsp3) is 0.661. The third-order valence-electron chi connectivity index (χ3n) is 11.5. The zero-order valence-corrected chi connectivity index (χ0v) is 42.1. The van der Waals surface area contributed by atoms with Crippen LogP contribution < -0.4 is 5.32 Å². The number of hydrogen-bond acceptors (Lipinski definition) is 5. The second kappa shape index (κ2) is 51.5. The largest absolute Gasteiger partial charge is 0.462 e. The predicted octanol–water partition coefficient (Wildman–Crippen LogP) is 16.3. The van der Waals surface area contributed by atoms with Gasteiger partial charge in [0.1, 0.15) is 6.10 Å². The van der Waals surface area contributed by atoms with Gasteiger partial charge in [-0.2, -0.15) is 0 Å². The highest BCUT2D eigenvalue weighted by Crippen LogP contribution is 2.17. The van der Waals surface area contributed by atoms with Gasteiger partial charge in [-0.25, -0.2) is 0 Å². The molecule has 0 heterocycles. The summed E-state index contributed by atoms with van der Waals surface area (Å²) in [6.07, 6.45) is 69.9. The van der Waals surface area contributed by atoms with Crippen molar-refractivity contribution in [1.82, 2.24) is 5.32 Å².